The molecule has 1 aliphatic heterocycles. The number of aromatic nitrogens is 4. The van der Waals surface area contributed by atoms with Gasteiger partial charge in [-0.25, -0.2) is 19.0 Å². The molecule has 16 heteroatoms. The molecule has 232 valence electrons. The molecule has 0 saturated carbocycles. The summed E-state index contributed by atoms with van der Waals surface area (Å²) in [4.78, 5) is 14.7. The van der Waals surface area contributed by atoms with Crippen LogP contribution in [0.1, 0.15) is 33.9 Å². The van der Waals surface area contributed by atoms with Crippen LogP contribution in [0.25, 0.3) is 11.2 Å². The van der Waals surface area contributed by atoms with E-state index in [1.54, 1.807) is 63.2 Å². The molecular weight excluding hydrogens is 574 g/mol. The summed E-state index contributed by atoms with van der Waals surface area (Å²) in [5.41, 5.74) is -1.09. The number of benzene rings is 1. The van der Waals surface area contributed by atoms with Crippen molar-refractivity contribution in [1.82, 2.24) is 24.6 Å². The number of halogens is 1. The van der Waals surface area contributed by atoms with Gasteiger partial charge in [-0.15, -0.1) is 0 Å². The van der Waals surface area contributed by atoms with Gasteiger partial charge in [0.25, 0.3) is 0 Å². The molecule has 2 aromatic heterocycles. The van der Waals surface area contributed by atoms with Crippen LogP contribution in [0.15, 0.2) is 36.7 Å². The molecule has 3 heterocycles. The topological polar surface area (TPSA) is 163 Å². The van der Waals surface area contributed by atoms with Gasteiger partial charge in [0.05, 0.1) is 32.2 Å². The molecule has 0 radical (unpaired) electrons. The first kappa shape index (κ1) is 32.0. The minimum Gasteiger partial charge on any atom is -0.467 e. The molecule has 1 aliphatic rings. The molecule has 14 nitrogen and oxygen atoms in total. The lowest BCUT2D eigenvalue weighted by molar-refractivity contribution is -0.138. The molecular formula is C26H38FN6O8P. The van der Waals surface area contributed by atoms with Crippen LogP contribution in [-0.2, 0) is 18.6 Å². The molecule has 0 bridgehead atoms. The average Bonchev–Trinajstić information content (AvgIpc) is 3.46. The van der Waals surface area contributed by atoms with Crippen molar-refractivity contribution in [3.8, 4) is 11.8 Å². The summed E-state index contributed by atoms with van der Waals surface area (Å²) in [6.07, 6.45) is -5.32. The zero-order valence-corrected chi connectivity index (χ0v) is 25.4. The number of methoxy groups -OCH3 is 1. The van der Waals surface area contributed by atoms with Gasteiger partial charge < -0.3 is 33.8 Å². The van der Waals surface area contributed by atoms with Crippen LogP contribution in [0, 0.1) is 0 Å². The van der Waals surface area contributed by atoms with Gasteiger partial charge in [0.1, 0.15) is 17.5 Å². The Kier molecular flexibility index (Phi) is 9.72. The summed E-state index contributed by atoms with van der Waals surface area (Å²) in [6, 6.07) is 7.39. The second-order valence-corrected chi connectivity index (χ2v) is 12.3. The number of nitrogens with zero attached hydrogens (tertiary/aromatic N) is 5. The van der Waals surface area contributed by atoms with E-state index in [1.165, 1.54) is 31.9 Å². The predicted octanol–water partition coefficient (Wildman–Crippen LogP) is 2.81. The normalized spacial score (nSPS) is 25.4. The number of fused-ring (bicyclic) bond motifs is 1. The molecule has 7 atom stereocenters. The molecule has 4 rings (SSSR count). The van der Waals surface area contributed by atoms with E-state index in [9.17, 15) is 14.8 Å². The Morgan fingerprint density at radius 1 is 1.24 bits per heavy atom. The third kappa shape index (κ3) is 6.83. The maximum atomic E-state index is 15.7. The summed E-state index contributed by atoms with van der Waals surface area (Å²) in [7, 11) is 0.686. The lowest BCUT2D eigenvalue weighted by Gasteiger charge is -2.31. The van der Waals surface area contributed by atoms with Gasteiger partial charge in [-0.1, -0.05) is 18.2 Å². The van der Waals surface area contributed by atoms with Gasteiger partial charge in [-0.05, 0) is 39.8 Å². The molecule has 3 aromatic rings. The Balaban J connectivity index is 1.59. The third-order valence-electron chi connectivity index (χ3n) is 6.54. The van der Waals surface area contributed by atoms with Crippen molar-refractivity contribution in [2.75, 3.05) is 32.7 Å². The lowest BCUT2D eigenvalue weighted by Crippen LogP contribution is -2.45. The fourth-order valence-corrected chi connectivity index (χ4v) is 5.97. The second-order valence-electron chi connectivity index (χ2n) is 10.6. The highest BCUT2D eigenvalue weighted by atomic mass is 31.2. The molecule has 0 spiro atoms. The van der Waals surface area contributed by atoms with Crippen LogP contribution in [0.4, 0.5) is 10.2 Å². The fourth-order valence-electron chi connectivity index (χ4n) is 4.34. The van der Waals surface area contributed by atoms with Crippen molar-refractivity contribution in [3.05, 3.63) is 36.7 Å². The number of para-hydroxylation sites is 1. The summed E-state index contributed by atoms with van der Waals surface area (Å²) in [5.74, 6) is 0.660. The monoisotopic (exact) mass is 612 g/mol. The highest BCUT2D eigenvalue weighted by Gasteiger charge is 2.55. The van der Waals surface area contributed by atoms with E-state index in [1.807, 2.05) is 0 Å². The summed E-state index contributed by atoms with van der Waals surface area (Å²) in [5, 5.41) is 24.0. The first-order chi connectivity index (χ1) is 19.8. The maximum Gasteiger partial charge on any atom is 0.459 e. The van der Waals surface area contributed by atoms with Gasteiger partial charge in [0.15, 0.2) is 35.7 Å². The third-order valence-corrected chi connectivity index (χ3v) is 8.19. The molecule has 3 N–H and O–H groups in total. The predicted molar refractivity (Wildman–Crippen MR) is 151 cm³/mol. The van der Waals surface area contributed by atoms with Crippen molar-refractivity contribution >= 4 is 24.7 Å². The molecule has 1 aromatic carbocycles. The molecule has 0 amide bonds. The van der Waals surface area contributed by atoms with Gasteiger partial charge in [-0.2, -0.15) is 9.97 Å². The van der Waals surface area contributed by atoms with Crippen molar-refractivity contribution in [2.45, 2.75) is 70.2 Å². The van der Waals surface area contributed by atoms with Crippen LogP contribution in [0.3, 0.4) is 0 Å². The Bertz CT molecular complexity index is 1400. The van der Waals surface area contributed by atoms with E-state index >= 15 is 4.39 Å². The quantitative estimate of drug-likeness (QED) is 0.191. The van der Waals surface area contributed by atoms with Gasteiger partial charge in [0, 0.05) is 14.1 Å². The average molecular weight is 613 g/mol. The van der Waals surface area contributed by atoms with Gasteiger partial charge in [0.2, 0.25) is 0 Å². The van der Waals surface area contributed by atoms with Crippen molar-refractivity contribution in [3.63, 3.8) is 0 Å². The Morgan fingerprint density at radius 3 is 2.55 bits per heavy atom. The number of rotatable bonds is 13. The highest BCUT2D eigenvalue weighted by molar-refractivity contribution is 7.52. The Hall–Kier alpha value is -2.91. The van der Waals surface area contributed by atoms with Crippen LogP contribution in [0.5, 0.6) is 11.8 Å². The summed E-state index contributed by atoms with van der Waals surface area (Å²) >= 11 is 0. The van der Waals surface area contributed by atoms with Crippen molar-refractivity contribution in [2.24, 2.45) is 0 Å². The van der Waals surface area contributed by atoms with E-state index < -0.39 is 50.8 Å². The minimum atomic E-state index is -4.25. The lowest BCUT2D eigenvalue weighted by atomic mass is 9.99. The van der Waals surface area contributed by atoms with Crippen LogP contribution in [-0.4, -0.2) is 93.9 Å². The number of aliphatic hydroxyl groups excluding tert-OH is 2. The van der Waals surface area contributed by atoms with Crippen LogP contribution < -0.4 is 19.2 Å². The first-order valence-electron chi connectivity index (χ1n) is 13.3. The minimum absolute atomic E-state index is 0.0378. The van der Waals surface area contributed by atoms with E-state index in [2.05, 4.69) is 20.0 Å². The number of aliphatic hydroxyl groups is 2. The highest BCUT2D eigenvalue weighted by Crippen LogP contribution is 2.48. The van der Waals surface area contributed by atoms with E-state index in [-0.39, 0.29) is 23.5 Å². The van der Waals surface area contributed by atoms with Gasteiger partial charge >= 0.3 is 13.8 Å². The largest absolute Gasteiger partial charge is 0.467 e. The van der Waals surface area contributed by atoms with Crippen LogP contribution >= 0.6 is 7.75 Å². The van der Waals surface area contributed by atoms with Gasteiger partial charge in [-0.3, -0.25) is 9.09 Å². The second kappa shape index (κ2) is 12.8. The number of nitrogens with one attached hydrogen (secondary N) is 1. The van der Waals surface area contributed by atoms with E-state index in [0.29, 0.717) is 11.3 Å². The van der Waals surface area contributed by atoms with Crippen LogP contribution in [0.2, 0.25) is 0 Å². The number of ether oxygens (including phenoxy) is 3. The van der Waals surface area contributed by atoms with E-state index in [4.69, 9.17) is 23.3 Å². The maximum absolute atomic E-state index is 15.7. The first-order valence-corrected chi connectivity index (χ1v) is 14.9. The molecule has 42 heavy (non-hydrogen) atoms. The number of anilines is 1. The standard InChI is InChI=1S/C26H38FN6O8P/c1-15(2)39-24(35)16(3)31-42(36,41-17-11-9-8-10-12-17)38-13-26(4)20(34)18(27)23(40-26)33-14-28-19-21(32(5)6)29-25(37-7)30-22(19)33/h8-12,14-16,18,20,23-24,34-35H,13H2,1-7H3,(H,31,36)/t16-,18+,20-,23+,24?,26+,42?/m0/s1. The number of alkyl halides is 1. The van der Waals surface area contributed by atoms with E-state index in [0.717, 1.165) is 0 Å². The van der Waals surface area contributed by atoms with Crippen molar-refractivity contribution < 1.29 is 42.4 Å². The Morgan fingerprint density at radius 2 is 1.93 bits per heavy atom. The Labute approximate surface area is 243 Å². The molecule has 0 aliphatic carbocycles. The summed E-state index contributed by atoms with van der Waals surface area (Å²) < 4.78 is 59.0. The summed E-state index contributed by atoms with van der Waals surface area (Å²) in [6.45, 7) is 5.89. The SMILES string of the molecule is COc1nc(N(C)C)c2ncn([C@@H]3O[C@](C)(COP(=O)(N[C@@H](C)C(O)OC(C)C)Oc4ccccc4)[C@@H](O)[C@H]3F)c2n1. The molecule has 1 saturated heterocycles. The molecule has 1 fully saturated rings. The molecule has 2 unspecified atom stereocenters. The zero-order valence-electron chi connectivity index (χ0n) is 24.5. The zero-order chi connectivity index (χ0) is 30.8. The number of hydrogen-bond donors (Lipinski definition) is 3. The fraction of sp³-hybridized carbons (Fsp3) is 0.577. The number of hydrogen-bond acceptors (Lipinski definition) is 12. The smallest absolute Gasteiger partial charge is 0.459 e. The number of imidazole rings is 1. The van der Waals surface area contributed by atoms with Crippen molar-refractivity contribution in [1.29, 1.82) is 0 Å².